The molecule has 0 radical (unpaired) electrons. The van der Waals surface area contributed by atoms with Gasteiger partial charge in [-0.25, -0.2) is 4.98 Å². The monoisotopic (exact) mass is 424 g/mol. The first-order valence-corrected chi connectivity index (χ1v) is 11.4. The molecular formula is C23H28N4O2S. The Bertz CT molecular complexity index is 968. The van der Waals surface area contributed by atoms with E-state index in [0.717, 1.165) is 38.0 Å². The van der Waals surface area contributed by atoms with Crippen LogP contribution < -0.4 is 5.32 Å². The van der Waals surface area contributed by atoms with Gasteiger partial charge in [0.1, 0.15) is 0 Å². The molecule has 3 heterocycles. The quantitative estimate of drug-likeness (QED) is 0.802. The van der Waals surface area contributed by atoms with Crippen LogP contribution in [0.1, 0.15) is 38.5 Å². The van der Waals surface area contributed by atoms with Crippen molar-refractivity contribution in [2.45, 2.75) is 33.2 Å². The third kappa shape index (κ3) is 4.63. The summed E-state index contributed by atoms with van der Waals surface area (Å²) in [4.78, 5) is 33.4. The molecule has 0 unspecified atom stereocenters. The molecular weight excluding hydrogens is 396 g/mol. The maximum atomic E-state index is 13.2. The Hall–Kier alpha value is -2.51. The van der Waals surface area contributed by atoms with Crippen LogP contribution in [-0.4, -0.2) is 59.3 Å². The molecule has 7 heteroatoms. The van der Waals surface area contributed by atoms with E-state index in [0.29, 0.717) is 24.6 Å². The summed E-state index contributed by atoms with van der Waals surface area (Å²) in [5, 5.41) is 5.19. The molecule has 0 saturated heterocycles. The molecule has 0 bridgehead atoms. The molecule has 1 N–H and O–H groups in total. The zero-order chi connectivity index (χ0) is 21.1. The Balaban J connectivity index is 1.31. The summed E-state index contributed by atoms with van der Waals surface area (Å²) in [7, 11) is 0. The summed E-state index contributed by atoms with van der Waals surface area (Å²) < 4.78 is 0. The van der Waals surface area contributed by atoms with Gasteiger partial charge in [-0.05, 0) is 48.9 Å². The number of amides is 2. The number of thiazole rings is 1. The van der Waals surface area contributed by atoms with Crippen LogP contribution in [0.25, 0.3) is 0 Å². The number of hydrogen-bond donors (Lipinski definition) is 1. The molecule has 0 aliphatic carbocycles. The second-order valence-corrected chi connectivity index (χ2v) is 8.96. The molecule has 2 amide bonds. The van der Waals surface area contributed by atoms with Gasteiger partial charge in [0.05, 0.1) is 0 Å². The van der Waals surface area contributed by atoms with E-state index in [1.54, 1.807) is 11.6 Å². The summed E-state index contributed by atoms with van der Waals surface area (Å²) in [6.45, 7) is 8.57. The molecule has 0 atom stereocenters. The lowest BCUT2D eigenvalue weighted by Gasteiger charge is -2.33. The molecule has 1 aromatic heterocycles. The van der Waals surface area contributed by atoms with Gasteiger partial charge in [-0.2, -0.15) is 0 Å². The number of hydrogen-bond acceptors (Lipinski definition) is 5. The number of carbonyl (C=O) groups is 2. The van der Waals surface area contributed by atoms with E-state index in [4.69, 9.17) is 0 Å². The van der Waals surface area contributed by atoms with Crippen molar-refractivity contribution in [3.8, 4) is 0 Å². The fourth-order valence-corrected chi connectivity index (χ4v) is 4.67. The average molecular weight is 425 g/mol. The lowest BCUT2D eigenvalue weighted by atomic mass is 9.94. The highest BCUT2D eigenvalue weighted by Gasteiger charge is 2.26. The first kappa shape index (κ1) is 20.8. The molecule has 0 fully saturated rings. The Morgan fingerprint density at radius 3 is 2.70 bits per heavy atom. The lowest BCUT2D eigenvalue weighted by molar-refractivity contribution is -0.128. The van der Waals surface area contributed by atoms with Crippen molar-refractivity contribution in [2.75, 3.05) is 32.7 Å². The fraction of sp³-hybridized carbons (Fsp3) is 0.435. The van der Waals surface area contributed by atoms with Crippen molar-refractivity contribution in [3.63, 3.8) is 0 Å². The van der Waals surface area contributed by atoms with Crippen molar-refractivity contribution in [1.82, 2.24) is 20.1 Å². The van der Waals surface area contributed by atoms with Gasteiger partial charge in [-0.15, -0.1) is 11.3 Å². The van der Waals surface area contributed by atoms with Gasteiger partial charge < -0.3 is 10.2 Å². The summed E-state index contributed by atoms with van der Waals surface area (Å²) in [5.74, 6) is 0.0155. The molecule has 2 aromatic rings. The molecule has 4 rings (SSSR count). The minimum atomic E-state index is -0.133. The highest BCUT2D eigenvalue weighted by Crippen LogP contribution is 2.24. The van der Waals surface area contributed by atoms with Gasteiger partial charge in [0.15, 0.2) is 5.01 Å². The van der Waals surface area contributed by atoms with Crippen molar-refractivity contribution in [2.24, 2.45) is 0 Å². The predicted octanol–water partition coefficient (Wildman–Crippen LogP) is 2.71. The van der Waals surface area contributed by atoms with E-state index in [-0.39, 0.29) is 11.8 Å². The Labute approximate surface area is 181 Å². The standard InChI is InChI=1S/C23H28N4O2S/c1-16-12-18-5-9-27(15-20(18)13-17(16)2)23(29)19-4-3-8-26(14-19)10-6-24-21(28)22-25-7-11-30-22/h4,7,11-13H,3,5-6,8-10,14-15H2,1-2H3,(H,24,28). The van der Waals surface area contributed by atoms with Gasteiger partial charge in [0.25, 0.3) is 11.8 Å². The maximum absolute atomic E-state index is 13.2. The van der Waals surface area contributed by atoms with E-state index in [1.165, 1.54) is 33.6 Å². The third-order valence-electron chi connectivity index (χ3n) is 5.96. The fourth-order valence-electron chi connectivity index (χ4n) is 4.12. The summed E-state index contributed by atoms with van der Waals surface area (Å²) in [5.41, 5.74) is 6.13. The Kier molecular flexibility index (Phi) is 6.29. The smallest absolute Gasteiger partial charge is 0.280 e. The van der Waals surface area contributed by atoms with Crippen LogP contribution in [0.2, 0.25) is 0 Å². The molecule has 6 nitrogen and oxygen atoms in total. The number of aryl methyl sites for hydroxylation is 2. The van der Waals surface area contributed by atoms with Crippen molar-refractivity contribution >= 4 is 23.2 Å². The predicted molar refractivity (Wildman–Crippen MR) is 119 cm³/mol. The van der Waals surface area contributed by atoms with Crippen LogP contribution in [0.15, 0.2) is 35.4 Å². The highest BCUT2D eigenvalue weighted by molar-refractivity contribution is 7.11. The maximum Gasteiger partial charge on any atom is 0.280 e. The number of rotatable bonds is 5. The zero-order valence-electron chi connectivity index (χ0n) is 17.6. The highest BCUT2D eigenvalue weighted by atomic mass is 32.1. The van der Waals surface area contributed by atoms with Gasteiger partial charge in [-0.3, -0.25) is 14.5 Å². The molecule has 2 aliphatic rings. The summed E-state index contributed by atoms with van der Waals surface area (Å²) >= 11 is 1.34. The Morgan fingerprint density at radius 2 is 1.93 bits per heavy atom. The average Bonchev–Trinajstić information content (AvgIpc) is 3.29. The molecule has 1 aromatic carbocycles. The van der Waals surface area contributed by atoms with E-state index in [9.17, 15) is 9.59 Å². The normalized spacial score (nSPS) is 16.7. The zero-order valence-corrected chi connectivity index (χ0v) is 18.4. The van der Waals surface area contributed by atoms with Crippen LogP contribution in [0.3, 0.4) is 0 Å². The van der Waals surface area contributed by atoms with Gasteiger partial charge in [-0.1, -0.05) is 18.2 Å². The SMILES string of the molecule is Cc1cc2c(cc1C)CN(C(=O)C1=CCCN(CCNC(=O)c3nccs3)C1)CC2. The number of nitrogens with one attached hydrogen (secondary N) is 1. The third-order valence-corrected chi connectivity index (χ3v) is 6.73. The molecule has 0 saturated carbocycles. The Morgan fingerprint density at radius 1 is 1.13 bits per heavy atom. The second kappa shape index (κ2) is 9.10. The summed E-state index contributed by atoms with van der Waals surface area (Å²) in [6, 6.07) is 4.50. The molecule has 30 heavy (non-hydrogen) atoms. The van der Waals surface area contributed by atoms with Crippen molar-refractivity contribution in [1.29, 1.82) is 0 Å². The number of fused-ring (bicyclic) bond motifs is 1. The largest absolute Gasteiger partial charge is 0.349 e. The first-order chi connectivity index (χ1) is 14.5. The molecule has 158 valence electrons. The van der Waals surface area contributed by atoms with Crippen LogP contribution in [0.5, 0.6) is 0 Å². The minimum Gasteiger partial charge on any atom is -0.349 e. The van der Waals surface area contributed by atoms with Crippen LogP contribution >= 0.6 is 11.3 Å². The number of benzene rings is 1. The van der Waals surface area contributed by atoms with Crippen molar-refractivity contribution in [3.05, 3.63) is 62.6 Å². The van der Waals surface area contributed by atoms with E-state index < -0.39 is 0 Å². The van der Waals surface area contributed by atoms with Crippen LogP contribution in [-0.2, 0) is 17.8 Å². The first-order valence-electron chi connectivity index (χ1n) is 10.5. The number of carbonyl (C=O) groups excluding carboxylic acids is 2. The van der Waals surface area contributed by atoms with Gasteiger partial charge >= 0.3 is 0 Å². The minimum absolute atomic E-state index is 0.133. The molecule has 2 aliphatic heterocycles. The van der Waals surface area contributed by atoms with Gasteiger partial charge in [0, 0.05) is 56.4 Å². The van der Waals surface area contributed by atoms with E-state index >= 15 is 0 Å². The van der Waals surface area contributed by atoms with E-state index in [1.807, 2.05) is 4.90 Å². The van der Waals surface area contributed by atoms with Crippen LogP contribution in [0, 0.1) is 13.8 Å². The van der Waals surface area contributed by atoms with Gasteiger partial charge in [0.2, 0.25) is 0 Å². The van der Waals surface area contributed by atoms with Crippen molar-refractivity contribution < 1.29 is 9.59 Å². The lowest BCUT2D eigenvalue weighted by Crippen LogP contribution is -2.43. The van der Waals surface area contributed by atoms with E-state index in [2.05, 4.69) is 47.3 Å². The second-order valence-electron chi connectivity index (χ2n) is 8.07. The topological polar surface area (TPSA) is 65.5 Å². The van der Waals surface area contributed by atoms with Crippen LogP contribution in [0.4, 0.5) is 0 Å². The number of nitrogens with zero attached hydrogens (tertiary/aromatic N) is 3. The number of aromatic nitrogens is 1. The molecule has 0 spiro atoms. The summed E-state index contributed by atoms with van der Waals surface area (Å²) in [6.07, 6.45) is 5.50.